The van der Waals surface area contributed by atoms with Gasteiger partial charge in [-0.15, -0.1) is 0 Å². The van der Waals surface area contributed by atoms with Crippen LogP contribution in [-0.2, 0) is 20.8 Å². The number of anilines is 1. The highest BCUT2D eigenvalue weighted by molar-refractivity contribution is 6.35. The van der Waals surface area contributed by atoms with Gasteiger partial charge in [0.1, 0.15) is 5.70 Å². The number of rotatable bonds is 7. The molecule has 0 aromatic heterocycles. The van der Waals surface area contributed by atoms with Gasteiger partial charge in [0.15, 0.2) is 0 Å². The Morgan fingerprint density at radius 2 is 1.64 bits per heavy atom. The van der Waals surface area contributed by atoms with E-state index in [0.717, 1.165) is 38.8 Å². The molecule has 2 heterocycles. The van der Waals surface area contributed by atoms with E-state index in [1.807, 2.05) is 25.1 Å². The first-order chi connectivity index (χ1) is 16.0. The highest BCUT2D eigenvalue weighted by atomic mass is 16.2. The topological polar surface area (TPSA) is 69.7 Å². The lowest BCUT2D eigenvalue weighted by molar-refractivity contribution is -0.137. The van der Waals surface area contributed by atoms with E-state index in [0.29, 0.717) is 35.0 Å². The SMILES string of the molecule is CCCN1C(=O)C(c2ccc(NC(C)=O)cc2)=C(N2CCC(Cc3ccccc3)CC2)C1=O. The first-order valence-corrected chi connectivity index (χ1v) is 11.7. The Kier molecular flexibility index (Phi) is 6.92. The normalized spacial score (nSPS) is 17.2. The first kappa shape index (κ1) is 22.8. The van der Waals surface area contributed by atoms with Gasteiger partial charge in [0.05, 0.1) is 5.57 Å². The van der Waals surface area contributed by atoms with E-state index in [1.165, 1.54) is 17.4 Å². The van der Waals surface area contributed by atoms with Crippen LogP contribution in [0.25, 0.3) is 5.57 Å². The molecule has 6 nitrogen and oxygen atoms in total. The highest BCUT2D eigenvalue weighted by Gasteiger charge is 2.41. The van der Waals surface area contributed by atoms with E-state index in [4.69, 9.17) is 0 Å². The van der Waals surface area contributed by atoms with Crippen LogP contribution in [0.1, 0.15) is 44.2 Å². The summed E-state index contributed by atoms with van der Waals surface area (Å²) in [6.07, 6.45) is 3.74. The van der Waals surface area contributed by atoms with Crippen LogP contribution in [0.15, 0.2) is 60.3 Å². The summed E-state index contributed by atoms with van der Waals surface area (Å²) in [5, 5.41) is 2.74. The largest absolute Gasteiger partial charge is 0.366 e. The van der Waals surface area contributed by atoms with Gasteiger partial charge < -0.3 is 10.2 Å². The molecule has 2 aromatic carbocycles. The van der Waals surface area contributed by atoms with E-state index in [1.54, 1.807) is 12.1 Å². The van der Waals surface area contributed by atoms with Crippen molar-refractivity contribution in [1.29, 1.82) is 0 Å². The standard InChI is InChI=1S/C27H31N3O3/c1-3-15-30-26(32)24(22-9-11-23(12-10-22)28-19(2)31)25(27(30)33)29-16-13-21(14-17-29)18-20-7-5-4-6-8-20/h4-12,21H,3,13-18H2,1-2H3,(H,28,31). The van der Waals surface area contributed by atoms with Crippen molar-refractivity contribution in [2.45, 2.75) is 39.5 Å². The Balaban J connectivity index is 1.57. The molecule has 2 aliphatic heterocycles. The fraction of sp³-hybridized carbons (Fsp3) is 0.370. The Morgan fingerprint density at radius 1 is 0.970 bits per heavy atom. The maximum atomic E-state index is 13.3. The molecule has 6 heteroatoms. The zero-order valence-electron chi connectivity index (χ0n) is 19.3. The molecule has 4 rings (SSSR count). The fourth-order valence-corrected chi connectivity index (χ4v) is 4.78. The molecule has 0 saturated carbocycles. The third kappa shape index (κ3) is 5.00. The molecule has 0 unspecified atom stereocenters. The van der Waals surface area contributed by atoms with E-state index in [2.05, 4.69) is 34.5 Å². The summed E-state index contributed by atoms with van der Waals surface area (Å²) < 4.78 is 0. The minimum atomic E-state index is -0.226. The van der Waals surface area contributed by atoms with Gasteiger partial charge >= 0.3 is 0 Å². The maximum absolute atomic E-state index is 13.3. The number of nitrogens with one attached hydrogen (secondary N) is 1. The molecule has 0 radical (unpaired) electrons. The van der Waals surface area contributed by atoms with Crippen LogP contribution < -0.4 is 5.32 Å². The van der Waals surface area contributed by atoms with Crippen molar-refractivity contribution in [3.63, 3.8) is 0 Å². The van der Waals surface area contributed by atoms with Crippen LogP contribution in [0.3, 0.4) is 0 Å². The van der Waals surface area contributed by atoms with Crippen molar-refractivity contribution in [2.75, 3.05) is 25.0 Å². The molecule has 1 saturated heterocycles. The van der Waals surface area contributed by atoms with Gasteiger partial charge in [-0.05, 0) is 54.9 Å². The number of nitrogens with zero attached hydrogens (tertiary/aromatic N) is 2. The second-order valence-corrected chi connectivity index (χ2v) is 8.86. The van der Waals surface area contributed by atoms with Gasteiger partial charge in [-0.3, -0.25) is 19.3 Å². The molecule has 1 N–H and O–H groups in total. The molecule has 0 aliphatic carbocycles. The Morgan fingerprint density at radius 3 is 2.24 bits per heavy atom. The van der Waals surface area contributed by atoms with Gasteiger partial charge in [-0.2, -0.15) is 0 Å². The quantitative estimate of drug-likeness (QED) is 0.652. The van der Waals surface area contributed by atoms with Crippen LogP contribution in [0.5, 0.6) is 0 Å². The average Bonchev–Trinajstić information content (AvgIpc) is 3.06. The monoisotopic (exact) mass is 445 g/mol. The van der Waals surface area contributed by atoms with E-state index >= 15 is 0 Å². The third-order valence-corrected chi connectivity index (χ3v) is 6.38. The number of carbonyl (C=O) groups is 3. The van der Waals surface area contributed by atoms with Crippen molar-refractivity contribution in [1.82, 2.24) is 9.80 Å². The van der Waals surface area contributed by atoms with Crippen molar-refractivity contribution in [3.8, 4) is 0 Å². The van der Waals surface area contributed by atoms with Crippen LogP contribution in [-0.4, -0.2) is 47.2 Å². The summed E-state index contributed by atoms with van der Waals surface area (Å²) in [6, 6.07) is 17.7. The van der Waals surface area contributed by atoms with E-state index in [-0.39, 0.29) is 17.7 Å². The summed E-state index contributed by atoms with van der Waals surface area (Å²) in [6.45, 7) is 5.37. The van der Waals surface area contributed by atoms with Gasteiger partial charge in [-0.1, -0.05) is 49.4 Å². The first-order valence-electron chi connectivity index (χ1n) is 11.7. The number of carbonyl (C=O) groups excluding carboxylic acids is 3. The smallest absolute Gasteiger partial charge is 0.277 e. The van der Waals surface area contributed by atoms with Crippen LogP contribution >= 0.6 is 0 Å². The molecular weight excluding hydrogens is 414 g/mol. The third-order valence-electron chi connectivity index (χ3n) is 6.38. The van der Waals surface area contributed by atoms with Crippen LogP contribution in [0, 0.1) is 5.92 Å². The molecule has 2 aliphatic rings. The number of benzene rings is 2. The fourth-order valence-electron chi connectivity index (χ4n) is 4.78. The molecule has 172 valence electrons. The minimum absolute atomic E-state index is 0.151. The number of likely N-dealkylation sites (tertiary alicyclic amines) is 1. The Labute approximate surface area is 195 Å². The highest BCUT2D eigenvalue weighted by Crippen LogP contribution is 2.35. The summed E-state index contributed by atoms with van der Waals surface area (Å²) >= 11 is 0. The summed E-state index contributed by atoms with van der Waals surface area (Å²) in [5.41, 5.74) is 3.72. The number of hydrogen-bond donors (Lipinski definition) is 1. The van der Waals surface area contributed by atoms with Crippen LogP contribution in [0.2, 0.25) is 0 Å². The summed E-state index contributed by atoms with van der Waals surface area (Å²) in [4.78, 5) is 41.4. The molecule has 0 spiro atoms. The number of imide groups is 1. The molecule has 2 aromatic rings. The van der Waals surface area contributed by atoms with Crippen molar-refractivity contribution in [2.24, 2.45) is 5.92 Å². The lowest BCUT2D eigenvalue weighted by Gasteiger charge is -2.34. The average molecular weight is 446 g/mol. The number of piperidine rings is 1. The lowest BCUT2D eigenvalue weighted by atomic mass is 9.89. The van der Waals surface area contributed by atoms with Crippen molar-refractivity contribution in [3.05, 3.63) is 71.4 Å². The predicted molar refractivity (Wildman–Crippen MR) is 129 cm³/mol. The van der Waals surface area contributed by atoms with Crippen molar-refractivity contribution >= 4 is 29.0 Å². The molecule has 0 bridgehead atoms. The van der Waals surface area contributed by atoms with Gasteiger partial charge in [0.25, 0.3) is 11.8 Å². The predicted octanol–water partition coefficient (Wildman–Crippen LogP) is 4.09. The molecule has 33 heavy (non-hydrogen) atoms. The second-order valence-electron chi connectivity index (χ2n) is 8.86. The zero-order valence-corrected chi connectivity index (χ0v) is 19.3. The Hall–Kier alpha value is -3.41. The molecule has 3 amide bonds. The lowest BCUT2D eigenvalue weighted by Crippen LogP contribution is -2.39. The molecule has 0 atom stereocenters. The summed E-state index contributed by atoms with van der Waals surface area (Å²) in [5.74, 6) is 0.00527. The van der Waals surface area contributed by atoms with Crippen LogP contribution in [0.4, 0.5) is 5.69 Å². The molecular formula is C27H31N3O3. The van der Waals surface area contributed by atoms with Gasteiger partial charge in [0.2, 0.25) is 5.91 Å². The maximum Gasteiger partial charge on any atom is 0.277 e. The second kappa shape index (κ2) is 10.0. The number of hydrogen-bond acceptors (Lipinski definition) is 4. The summed E-state index contributed by atoms with van der Waals surface area (Å²) in [7, 11) is 0. The Bertz CT molecular complexity index is 1050. The molecule has 1 fully saturated rings. The zero-order chi connectivity index (χ0) is 23.4. The minimum Gasteiger partial charge on any atom is -0.366 e. The van der Waals surface area contributed by atoms with E-state index < -0.39 is 0 Å². The van der Waals surface area contributed by atoms with Crippen molar-refractivity contribution < 1.29 is 14.4 Å². The van der Waals surface area contributed by atoms with E-state index in [9.17, 15) is 14.4 Å². The number of amides is 3. The van der Waals surface area contributed by atoms with Gasteiger partial charge in [-0.25, -0.2) is 0 Å². The van der Waals surface area contributed by atoms with Gasteiger partial charge in [0, 0.05) is 32.2 Å².